The molecule has 0 aliphatic carbocycles. The van der Waals surface area contributed by atoms with Gasteiger partial charge in [-0.3, -0.25) is 10.2 Å². The van der Waals surface area contributed by atoms with Gasteiger partial charge in [-0.25, -0.2) is 5.84 Å². The first kappa shape index (κ1) is 13.4. The maximum absolute atomic E-state index is 11.6. The van der Waals surface area contributed by atoms with Crippen molar-refractivity contribution in [3.63, 3.8) is 0 Å². The molecule has 0 saturated carbocycles. The smallest absolute Gasteiger partial charge is 0.256 e. The Morgan fingerprint density at radius 2 is 2.26 bits per heavy atom. The van der Waals surface area contributed by atoms with Crippen LogP contribution in [0.5, 0.6) is 5.75 Å². The zero-order valence-corrected chi connectivity index (χ0v) is 11.2. The second-order valence-corrected chi connectivity index (χ2v) is 4.48. The van der Waals surface area contributed by atoms with E-state index in [1.54, 1.807) is 0 Å². The Balaban J connectivity index is 2.31. The maximum Gasteiger partial charge on any atom is 0.256 e. The molecule has 1 aromatic carbocycles. The van der Waals surface area contributed by atoms with E-state index in [9.17, 15) is 4.79 Å². The average Bonchev–Trinajstić information content (AvgIpc) is 2.86. The molecule has 1 atom stereocenters. The first-order chi connectivity index (χ1) is 9.17. The van der Waals surface area contributed by atoms with Crippen molar-refractivity contribution in [1.82, 2.24) is 9.99 Å². The van der Waals surface area contributed by atoms with Crippen molar-refractivity contribution in [1.29, 1.82) is 0 Å². The third kappa shape index (κ3) is 2.71. The molecular weight excluding hydrogens is 242 g/mol. The van der Waals surface area contributed by atoms with E-state index in [0.717, 1.165) is 23.1 Å². The highest BCUT2D eigenvalue weighted by atomic mass is 16.5. The quantitative estimate of drug-likeness (QED) is 0.491. The van der Waals surface area contributed by atoms with Crippen molar-refractivity contribution in [3.8, 4) is 5.75 Å². The number of hydrogen-bond acceptors (Lipinski definition) is 3. The first-order valence-corrected chi connectivity index (χ1v) is 6.41. The number of fused-ring (bicyclic) bond motifs is 1. The summed E-state index contributed by atoms with van der Waals surface area (Å²) >= 11 is 0. The zero-order valence-electron chi connectivity index (χ0n) is 11.2. The minimum atomic E-state index is -0.343. The van der Waals surface area contributed by atoms with Gasteiger partial charge in [-0.1, -0.05) is 6.92 Å². The van der Waals surface area contributed by atoms with E-state index in [1.165, 1.54) is 0 Å². The lowest BCUT2D eigenvalue weighted by Gasteiger charge is -2.13. The fourth-order valence-electron chi connectivity index (χ4n) is 2.04. The van der Waals surface area contributed by atoms with E-state index >= 15 is 0 Å². The number of rotatable bonds is 5. The van der Waals surface area contributed by atoms with E-state index in [-0.39, 0.29) is 11.9 Å². The van der Waals surface area contributed by atoms with Gasteiger partial charge in [-0.15, -0.1) is 0 Å². The summed E-state index contributed by atoms with van der Waals surface area (Å²) < 4.78 is 7.48. The largest absolute Gasteiger partial charge is 0.494 e. The number of benzene rings is 1. The van der Waals surface area contributed by atoms with Crippen LogP contribution in [-0.2, 0) is 4.79 Å². The summed E-state index contributed by atoms with van der Waals surface area (Å²) in [5.41, 5.74) is 3.16. The normalized spacial score (nSPS) is 12.4. The topological polar surface area (TPSA) is 69.3 Å². The monoisotopic (exact) mass is 261 g/mol. The molecule has 102 valence electrons. The Morgan fingerprint density at radius 3 is 2.95 bits per heavy atom. The van der Waals surface area contributed by atoms with Gasteiger partial charge >= 0.3 is 0 Å². The van der Waals surface area contributed by atoms with Crippen molar-refractivity contribution in [2.75, 3.05) is 6.61 Å². The van der Waals surface area contributed by atoms with Crippen LogP contribution >= 0.6 is 0 Å². The van der Waals surface area contributed by atoms with Crippen molar-refractivity contribution in [2.45, 2.75) is 26.3 Å². The summed E-state index contributed by atoms with van der Waals surface area (Å²) in [6, 6.07) is 7.48. The molecule has 2 rings (SSSR count). The molecule has 1 unspecified atom stereocenters. The molecular formula is C14H19N3O2. The number of nitrogens with zero attached hydrogens (tertiary/aromatic N) is 1. The first-order valence-electron chi connectivity index (χ1n) is 6.41. The lowest BCUT2D eigenvalue weighted by Crippen LogP contribution is -2.35. The standard InChI is InChI=1S/C14H19N3O2/c1-3-8-19-12-4-5-13-11(9-12)6-7-17(13)10(2)14(18)16-15/h4-7,9-10H,3,8,15H2,1-2H3,(H,16,18). The van der Waals surface area contributed by atoms with Gasteiger partial charge in [0.05, 0.1) is 6.61 Å². The van der Waals surface area contributed by atoms with E-state index < -0.39 is 0 Å². The Bertz CT molecular complexity index is 577. The van der Waals surface area contributed by atoms with Crippen LogP contribution in [0.4, 0.5) is 0 Å². The Morgan fingerprint density at radius 1 is 1.47 bits per heavy atom. The maximum atomic E-state index is 11.6. The summed E-state index contributed by atoms with van der Waals surface area (Å²) in [5, 5.41) is 1.05. The minimum Gasteiger partial charge on any atom is -0.494 e. The molecule has 1 aromatic heterocycles. The van der Waals surface area contributed by atoms with Crippen LogP contribution < -0.4 is 16.0 Å². The average molecular weight is 261 g/mol. The predicted molar refractivity (Wildman–Crippen MR) is 74.8 cm³/mol. The molecule has 0 radical (unpaired) electrons. The fraction of sp³-hybridized carbons (Fsp3) is 0.357. The number of ether oxygens (including phenoxy) is 1. The van der Waals surface area contributed by atoms with Gasteiger partial charge in [0.2, 0.25) is 0 Å². The molecule has 2 aromatic rings. The summed E-state index contributed by atoms with van der Waals surface area (Å²) in [6.07, 6.45) is 2.86. The Kier molecular flexibility index (Phi) is 4.06. The Hall–Kier alpha value is -2.01. The summed E-state index contributed by atoms with van der Waals surface area (Å²) in [4.78, 5) is 11.6. The number of hydrogen-bond donors (Lipinski definition) is 2. The molecule has 0 aliphatic heterocycles. The van der Waals surface area contributed by atoms with Gasteiger partial charge in [0.15, 0.2) is 0 Å². The lowest BCUT2D eigenvalue weighted by atomic mass is 10.2. The van der Waals surface area contributed by atoms with Crippen LogP contribution in [0, 0.1) is 0 Å². The molecule has 1 heterocycles. The number of carbonyl (C=O) groups excluding carboxylic acids is 1. The van der Waals surface area contributed by atoms with Crippen LogP contribution in [0.3, 0.4) is 0 Å². The van der Waals surface area contributed by atoms with Crippen molar-refractivity contribution >= 4 is 16.8 Å². The van der Waals surface area contributed by atoms with Gasteiger partial charge in [-0.05, 0) is 37.6 Å². The molecule has 0 bridgehead atoms. The molecule has 3 N–H and O–H groups in total. The fourth-order valence-corrected chi connectivity index (χ4v) is 2.04. The van der Waals surface area contributed by atoms with Gasteiger partial charge in [0.25, 0.3) is 5.91 Å². The van der Waals surface area contributed by atoms with E-state index in [4.69, 9.17) is 10.6 Å². The number of aromatic nitrogens is 1. The number of nitrogens with one attached hydrogen (secondary N) is 1. The van der Waals surface area contributed by atoms with Crippen LogP contribution in [0.25, 0.3) is 10.9 Å². The van der Waals surface area contributed by atoms with Gasteiger partial charge in [-0.2, -0.15) is 0 Å². The third-order valence-corrected chi connectivity index (χ3v) is 3.10. The Labute approximate surface area is 112 Å². The summed E-state index contributed by atoms with van der Waals surface area (Å²) in [7, 11) is 0. The third-order valence-electron chi connectivity index (χ3n) is 3.10. The molecule has 0 saturated heterocycles. The summed E-state index contributed by atoms with van der Waals surface area (Å²) in [6.45, 7) is 4.59. The van der Waals surface area contributed by atoms with Gasteiger partial charge < -0.3 is 9.30 Å². The molecule has 5 nitrogen and oxygen atoms in total. The highest BCUT2D eigenvalue weighted by molar-refractivity contribution is 5.86. The molecule has 19 heavy (non-hydrogen) atoms. The van der Waals surface area contributed by atoms with E-state index in [0.29, 0.717) is 6.61 Å². The highest BCUT2D eigenvalue weighted by Crippen LogP contribution is 2.24. The van der Waals surface area contributed by atoms with E-state index in [1.807, 2.05) is 42.0 Å². The van der Waals surface area contributed by atoms with Crippen molar-refractivity contribution in [3.05, 3.63) is 30.5 Å². The van der Waals surface area contributed by atoms with Crippen LogP contribution in [0.15, 0.2) is 30.5 Å². The lowest BCUT2D eigenvalue weighted by molar-refractivity contribution is -0.123. The van der Waals surface area contributed by atoms with Gasteiger partial charge in [0.1, 0.15) is 11.8 Å². The number of hydrazine groups is 1. The molecule has 0 spiro atoms. The highest BCUT2D eigenvalue weighted by Gasteiger charge is 2.15. The van der Waals surface area contributed by atoms with E-state index in [2.05, 4.69) is 12.3 Å². The van der Waals surface area contributed by atoms with Crippen LogP contribution in [0.2, 0.25) is 0 Å². The number of nitrogens with two attached hydrogens (primary N) is 1. The summed E-state index contributed by atoms with van der Waals surface area (Å²) in [5.74, 6) is 5.80. The van der Waals surface area contributed by atoms with Crippen molar-refractivity contribution in [2.24, 2.45) is 5.84 Å². The van der Waals surface area contributed by atoms with Crippen LogP contribution in [0.1, 0.15) is 26.3 Å². The second-order valence-electron chi connectivity index (χ2n) is 4.48. The SMILES string of the molecule is CCCOc1ccc2c(ccn2C(C)C(=O)NN)c1. The molecule has 1 amide bonds. The molecule has 5 heteroatoms. The zero-order chi connectivity index (χ0) is 13.8. The molecule has 0 aliphatic rings. The minimum absolute atomic E-state index is 0.219. The van der Waals surface area contributed by atoms with Crippen molar-refractivity contribution < 1.29 is 9.53 Å². The van der Waals surface area contributed by atoms with Gasteiger partial charge in [0, 0.05) is 17.1 Å². The predicted octanol–water partition coefficient (Wildman–Crippen LogP) is 1.98. The number of amides is 1. The number of carbonyl (C=O) groups is 1. The van der Waals surface area contributed by atoms with Crippen LogP contribution in [-0.4, -0.2) is 17.1 Å². The molecule has 0 fully saturated rings. The second kappa shape index (κ2) is 5.75.